The van der Waals surface area contributed by atoms with Crippen molar-refractivity contribution < 1.29 is 28.3 Å². The van der Waals surface area contributed by atoms with Gasteiger partial charge in [0.15, 0.2) is 23.1 Å². The Morgan fingerprint density at radius 2 is 1.54 bits per heavy atom. The number of hydrogen-bond acceptors (Lipinski definition) is 6. The van der Waals surface area contributed by atoms with Gasteiger partial charge in [-0.05, 0) is 24.6 Å². The van der Waals surface area contributed by atoms with E-state index in [1.54, 1.807) is 65.6 Å². The maximum atomic E-state index is 15.5. The van der Waals surface area contributed by atoms with Gasteiger partial charge in [-0.3, -0.25) is 19.2 Å². The van der Waals surface area contributed by atoms with Gasteiger partial charge >= 0.3 is 5.97 Å². The van der Waals surface area contributed by atoms with Crippen LogP contribution in [-0.4, -0.2) is 35.4 Å². The second-order valence-electron chi connectivity index (χ2n) is 9.63. The fourth-order valence-electron chi connectivity index (χ4n) is 6.44. The number of ketones is 3. The highest BCUT2D eigenvalue weighted by molar-refractivity contribution is 6.32. The lowest BCUT2D eigenvalue weighted by atomic mass is 9.64. The molecule has 7 heteroatoms. The molecule has 6 rings (SSSR count). The first kappa shape index (κ1) is 23.0. The predicted molar refractivity (Wildman–Crippen MR) is 134 cm³/mol. The summed E-state index contributed by atoms with van der Waals surface area (Å²) in [4.78, 5) is 55.7. The number of ether oxygens (including phenoxy) is 1. The molecule has 1 spiro atoms. The minimum atomic E-state index is -1.79. The highest BCUT2D eigenvalue weighted by Gasteiger charge is 2.71. The number of fused-ring (bicyclic) bond motifs is 5. The van der Waals surface area contributed by atoms with Gasteiger partial charge in [0, 0.05) is 29.5 Å². The second kappa shape index (κ2) is 8.06. The molecule has 0 aromatic heterocycles. The number of para-hydroxylation sites is 1. The van der Waals surface area contributed by atoms with Gasteiger partial charge in [0.2, 0.25) is 0 Å². The number of rotatable bonds is 3. The molecule has 184 valence electrons. The van der Waals surface area contributed by atoms with Crippen molar-refractivity contribution in [1.82, 2.24) is 0 Å². The largest absolute Gasteiger partial charge is 0.424 e. The Morgan fingerprint density at radius 1 is 0.892 bits per heavy atom. The average Bonchev–Trinajstić information content (AvgIpc) is 3.30. The zero-order valence-electron chi connectivity index (χ0n) is 20.1. The standard InChI is InChI=1S/C30H22FNO5/c1-16(33)26-25(21-11-5-6-12-22(21)31)30(28(35)19-9-3-4-10-20(19)29(30)36)24-15-14-18-8-7-13-23(37-17(2)34)27(18)32(24)26/h3-15,24-26H,1-2H3/t24?,25-,26-/m0/s1. The van der Waals surface area contributed by atoms with E-state index in [4.69, 9.17) is 4.74 Å². The zero-order chi connectivity index (χ0) is 26.1. The SMILES string of the molecule is CC(=O)Oc1cccc2c1N1C(C=C2)C2(C(=O)c3ccccc3C2=O)[C@@H](c2ccccc2F)[C@@H]1C(C)=O. The molecule has 2 heterocycles. The number of Topliss-reactive ketones (excluding diaryl/α,β-unsaturated/α-hetero) is 3. The molecule has 3 aliphatic rings. The van der Waals surface area contributed by atoms with Crippen LogP contribution in [0, 0.1) is 11.2 Å². The maximum absolute atomic E-state index is 15.5. The van der Waals surface area contributed by atoms with Gasteiger partial charge in [-0.1, -0.05) is 66.7 Å². The highest BCUT2D eigenvalue weighted by Crippen LogP contribution is 2.61. The topological polar surface area (TPSA) is 80.8 Å². The van der Waals surface area contributed by atoms with E-state index >= 15 is 4.39 Å². The summed E-state index contributed by atoms with van der Waals surface area (Å²) in [6.45, 7) is 2.64. The zero-order valence-corrected chi connectivity index (χ0v) is 20.1. The quantitative estimate of drug-likeness (QED) is 0.296. The number of anilines is 1. The van der Waals surface area contributed by atoms with Gasteiger partial charge in [-0.15, -0.1) is 0 Å². The van der Waals surface area contributed by atoms with Crippen LogP contribution in [0.25, 0.3) is 6.08 Å². The van der Waals surface area contributed by atoms with E-state index in [2.05, 4.69) is 0 Å². The smallest absolute Gasteiger partial charge is 0.308 e. The molecular weight excluding hydrogens is 473 g/mol. The number of esters is 1. The van der Waals surface area contributed by atoms with E-state index in [1.807, 2.05) is 0 Å². The van der Waals surface area contributed by atoms with Crippen LogP contribution >= 0.6 is 0 Å². The molecule has 0 N–H and O–H groups in total. The first-order valence-electron chi connectivity index (χ1n) is 12.0. The summed E-state index contributed by atoms with van der Waals surface area (Å²) in [5.74, 6) is -3.32. The third kappa shape index (κ3) is 2.97. The molecule has 6 nitrogen and oxygen atoms in total. The molecule has 2 aliphatic heterocycles. The lowest BCUT2D eigenvalue weighted by Crippen LogP contribution is -2.48. The minimum absolute atomic E-state index is 0.117. The van der Waals surface area contributed by atoms with Crippen LogP contribution in [0.4, 0.5) is 10.1 Å². The molecule has 1 unspecified atom stereocenters. The lowest BCUT2D eigenvalue weighted by molar-refractivity contribution is -0.131. The van der Waals surface area contributed by atoms with Crippen molar-refractivity contribution in [2.45, 2.75) is 31.8 Å². The van der Waals surface area contributed by atoms with E-state index in [0.717, 1.165) is 0 Å². The Morgan fingerprint density at radius 3 is 2.16 bits per heavy atom. The van der Waals surface area contributed by atoms with E-state index in [9.17, 15) is 19.2 Å². The Balaban J connectivity index is 1.70. The van der Waals surface area contributed by atoms with Gasteiger partial charge < -0.3 is 9.64 Å². The Labute approximate surface area is 212 Å². The number of hydrogen-bond donors (Lipinski definition) is 0. The second-order valence-corrected chi connectivity index (χ2v) is 9.63. The highest BCUT2D eigenvalue weighted by atomic mass is 19.1. The summed E-state index contributed by atoms with van der Waals surface area (Å²) in [6.07, 6.45) is 3.49. The van der Waals surface area contributed by atoms with Crippen molar-refractivity contribution >= 4 is 35.1 Å². The molecule has 1 saturated heterocycles. The number of nitrogens with zero attached hydrogens (tertiary/aromatic N) is 1. The van der Waals surface area contributed by atoms with Crippen LogP contribution in [0.1, 0.15) is 51.6 Å². The van der Waals surface area contributed by atoms with Crippen LogP contribution in [0.15, 0.2) is 72.8 Å². The molecule has 0 bridgehead atoms. The molecule has 0 amide bonds. The van der Waals surface area contributed by atoms with Gasteiger partial charge in [0.25, 0.3) is 0 Å². The molecule has 3 aromatic rings. The predicted octanol–water partition coefficient (Wildman–Crippen LogP) is 4.77. The van der Waals surface area contributed by atoms with Crippen molar-refractivity contribution in [2.24, 2.45) is 5.41 Å². The summed E-state index contributed by atoms with van der Waals surface area (Å²) in [5, 5.41) is 0. The van der Waals surface area contributed by atoms with Crippen LogP contribution < -0.4 is 9.64 Å². The van der Waals surface area contributed by atoms with E-state index in [1.165, 1.54) is 32.0 Å². The number of carbonyl (C=O) groups excluding carboxylic acids is 4. The van der Waals surface area contributed by atoms with Crippen LogP contribution in [0.3, 0.4) is 0 Å². The first-order valence-corrected chi connectivity index (χ1v) is 12.0. The third-order valence-electron chi connectivity index (χ3n) is 7.70. The van der Waals surface area contributed by atoms with Crippen molar-refractivity contribution in [1.29, 1.82) is 0 Å². The summed E-state index contributed by atoms with van der Waals surface area (Å²) < 4.78 is 21.0. The molecule has 3 aromatic carbocycles. The fraction of sp³-hybridized carbons (Fsp3) is 0.200. The van der Waals surface area contributed by atoms with Gasteiger partial charge in [0.1, 0.15) is 11.2 Å². The maximum Gasteiger partial charge on any atom is 0.308 e. The van der Waals surface area contributed by atoms with Gasteiger partial charge in [-0.2, -0.15) is 0 Å². The number of halogens is 1. The molecule has 1 aliphatic carbocycles. The lowest BCUT2D eigenvalue weighted by Gasteiger charge is -2.37. The summed E-state index contributed by atoms with van der Waals surface area (Å²) in [7, 11) is 0. The van der Waals surface area contributed by atoms with E-state index in [0.29, 0.717) is 11.3 Å². The van der Waals surface area contributed by atoms with Crippen molar-refractivity contribution in [3.8, 4) is 5.75 Å². The normalized spacial score (nSPS) is 22.6. The van der Waals surface area contributed by atoms with Crippen LogP contribution in [0.2, 0.25) is 0 Å². The van der Waals surface area contributed by atoms with Crippen molar-refractivity contribution in [3.63, 3.8) is 0 Å². The first-order chi connectivity index (χ1) is 17.8. The Hall–Kier alpha value is -4.39. The molecule has 0 saturated carbocycles. The third-order valence-corrected chi connectivity index (χ3v) is 7.70. The van der Waals surface area contributed by atoms with Gasteiger partial charge in [-0.25, -0.2) is 4.39 Å². The van der Waals surface area contributed by atoms with Crippen LogP contribution in [-0.2, 0) is 9.59 Å². The number of benzene rings is 3. The van der Waals surface area contributed by atoms with Crippen molar-refractivity contribution in [2.75, 3.05) is 4.90 Å². The minimum Gasteiger partial charge on any atom is -0.424 e. The van der Waals surface area contributed by atoms with E-state index < -0.39 is 46.8 Å². The average molecular weight is 496 g/mol. The van der Waals surface area contributed by atoms with Crippen molar-refractivity contribution in [3.05, 3.63) is 101 Å². The fourth-order valence-corrected chi connectivity index (χ4v) is 6.44. The summed E-state index contributed by atoms with van der Waals surface area (Å²) in [6, 6.07) is 15.6. The Kier molecular flexibility index (Phi) is 5.02. The molecule has 0 radical (unpaired) electrons. The molecule has 37 heavy (non-hydrogen) atoms. The molecular formula is C30H22FNO5. The van der Waals surface area contributed by atoms with E-state index in [-0.39, 0.29) is 28.2 Å². The molecule has 1 fully saturated rings. The molecule has 3 atom stereocenters. The van der Waals surface area contributed by atoms with Crippen LogP contribution in [0.5, 0.6) is 5.75 Å². The monoisotopic (exact) mass is 495 g/mol. The Bertz CT molecular complexity index is 1520. The summed E-state index contributed by atoms with van der Waals surface area (Å²) in [5.41, 5.74) is -0.0941. The summed E-state index contributed by atoms with van der Waals surface area (Å²) >= 11 is 0. The van der Waals surface area contributed by atoms with Gasteiger partial charge in [0.05, 0.1) is 17.8 Å². The number of carbonyl (C=O) groups is 4.